The summed E-state index contributed by atoms with van der Waals surface area (Å²) in [6, 6.07) is 9.34. The minimum atomic E-state index is -0.363. The maximum Gasteiger partial charge on any atom is 0.339 e. The molecule has 0 atom stereocenters. The number of nitrogens with one attached hydrogen (secondary N) is 1. The molecule has 8 heteroatoms. The number of nitrogens with zero attached hydrogens (tertiary/aromatic N) is 3. The molecule has 0 spiro atoms. The molecule has 0 unspecified atom stereocenters. The first-order valence-corrected chi connectivity index (χ1v) is 10.2. The van der Waals surface area contributed by atoms with Gasteiger partial charge < -0.3 is 19.9 Å². The maximum absolute atomic E-state index is 12.9. The summed E-state index contributed by atoms with van der Waals surface area (Å²) in [4.78, 5) is 32.8. The SMILES string of the molecule is CCOC(=O)c1ccc(N2CCCN(CCC(=O)Nc3ccc(F)cc3)CC2)nc1. The molecule has 1 fully saturated rings. The number of anilines is 2. The number of amides is 1. The van der Waals surface area contributed by atoms with Gasteiger partial charge in [0, 0.05) is 44.5 Å². The molecule has 0 aliphatic carbocycles. The highest BCUT2D eigenvalue weighted by Gasteiger charge is 2.17. The van der Waals surface area contributed by atoms with Crippen molar-refractivity contribution < 1.29 is 18.7 Å². The van der Waals surface area contributed by atoms with E-state index in [0.717, 1.165) is 38.4 Å². The van der Waals surface area contributed by atoms with Crippen LogP contribution in [-0.4, -0.2) is 61.1 Å². The van der Waals surface area contributed by atoms with Crippen molar-refractivity contribution in [3.05, 3.63) is 54.0 Å². The topological polar surface area (TPSA) is 74.8 Å². The molecule has 0 bridgehead atoms. The highest BCUT2D eigenvalue weighted by Crippen LogP contribution is 2.15. The smallest absolute Gasteiger partial charge is 0.339 e. The first kappa shape index (κ1) is 21.7. The summed E-state index contributed by atoms with van der Waals surface area (Å²) >= 11 is 0. The predicted molar refractivity (Wildman–Crippen MR) is 113 cm³/mol. The van der Waals surface area contributed by atoms with Gasteiger partial charge >= 0.3 is 5.97 Å². The van der Waals surface area contributed by atoms with Gasteiger partial charge in [0.05, 0.1) is 12.2 Å². The van der Waals surface area contributed by atoms with E-state index in [9.17, 15) is 14.0 Å². The van der Waals surface area contributed by atoms with Crippen molar-refractivity contribution in [3.8, 4) is 0 Å². The fourth-order valence-electron chi connectivity index (χ4n) is 3.35. The lowest BCUT2D eigenvalue weighted by Crippen LogP contribution is -2.33. The number of hydrogen-bond acceptors (Lipinski definition) is 6. The fraction of sp³-hybridized carbons (Fsp3) is 0.409. The third kappa shape index (κ3) is 6.25. The Morgan fingerprint density at radius 2 is 1.90 bits per heavy atom. The molecule has 0 radical (unpaired) electrons. The molecule has 2 heterocycles. The van der Waals surface area contributed by atoms with E-state index in [1.54, 1.807) is 31.3 Å². The van der Waals surface area contributed by atoms with Crippen LogP contribution in [0.25, 0.3) is 0 Å². The predicted octanol–water partition coefficient (Wildman–Crippen LogP) is 2.94. The van der Waals surface area contributed by atoms with Crippen molar-refractivity contribution >= 4 is 23.4 Å². The number of carbonyl (C=O) groups excluding carboxylic acids is 2. The average Bonchev–Trinajstić information content (AvgIpc) is 3.00. The fourth-order valence-corrected chi connectivity index (χ4v) is 3.35. The molecule has 1 saturated heterocycles. The third-order valence-electron chi connectivity index (χ3n) is 4.95. The van der Waals surface area contributed by atoms with Crippen molar-refractivity contribution in [2.75, 3.05) is 49.5 Å². The number of benzene rings is 1. The number of esters is 1. The van der Waals surface area contributed by atoms with Crippen molar-refractivity contribution in [2.24, 2.45) is 0 Å². The summed E-state index contributed by atoms with van der Waals surface area (Å²) in [5.74, 6) is 0.0579. The standard InChI is InChI=1S/C22H27FN4O3/c1-2-30-22(29)17-4-9-20(24-16-17)27-12-3-11-26(14-15-27)13-10-21(28)25-19-7-5-18(23)6-8-19/h4-9,16H,2-3,10-15H2,1H3,(H,25,28). The molecule has 3 rings (SSSR count). The average molecular weight is 414 g/mol. The lowest BCUT2D eigenvalue weighted by molar-refractivity contribution is -0.116. The molecule has 1 aliphatic heterocycles. The van der Waals surface area contributed by atoms with Crippen LogP contribution in [0.2, 0.25) is 0 Å². The van der Waals surface area contributed by atoms with Crippen molar-refractivity contribution in [1.29, 1.82) is 0 Å². The monoisotopic (exact) mass is 414 g/mol. The van der Waals surface area contributed by atoms with Gasteiger partial charge in [-0.2, -0.15) is 0 Å². The minimum absolute atomic E-state index is 0.0843. The lowest BCUT2D eigenvalue weighted by Gasteiger charge is -2.22. The van der Waals surface area contributed by atoms with Gasteiger partial charge in [0.1, 0.15) is 11.6 Å². The van der Waals surface area contributed by atoms with E-state index in [2.05, 4.69) is 20.1 Å². The van der Waals surface area contributed by atoms with E-state index in [1.165, 1.54) is 12.1 Å². The zero-order valence-corrected chi connectivity index (χ0v) is 17.1. The number of pyridine rings is 1. The number of aromatic nitrogens is 1. The van der Waals surface area contributed by atoms with Crippen LogP contribution in [0, 0.1) is 5.82 Å². The Hall–Kier alpha value is -3.00. The Bertz CT molecular complexity index is 842. The largest absolute Gasteiger partial charge is 0.462 e. The number of carbonyl (C=O) groups is 2. The molecular formula is C22H27FN4O3. The minimum Gasteiger partial charge on any atom is -0.462 e. The Morgan fingerprint density at radius 3 is 2.60 bits per heavy atom. The first-order chi connectivity index (χ1) is 14.5. The van der Waals surface area contributed by atoms with Crippen LogP contribution in [-0.2, 0) is 9.53 Å². The molecule has 30 heavy (non-hydrogen) atoms. The summed E-state index contributed by atoms with van der Waals surface area (Å²) in [5, 5.41) is 2.79. The highest BCUT2D eigenvalue weighted by atomic mass is 19.1. The van der Waals surface area contributed by atoms with Gasteiger partial charge in [0.15, 0.2) is 0 Å². The molecule has 1 aromatic heterocycles. The Morgan fingerprint density at radius 1 is 1.10 bits per heavy atom. The van der Waals surface area contributed by atoms with Gasteiger partial charge in [-0.1, -0.05) is 0 Å². The molecule has 1 amide bonds. The lowest BCUT2D eigenvalue weighted by atomic mass is 10.2. The van der Waals surface area contributed by atoms with E-state index in [1.807, 2.05) is 6.07 Å². The second kappa shape index (κ2) is 10.7. The van der Waals surface area contributed by atoms with Crippen LogP contribution in [0.1, 0.15) is 30.1 Å². The summed E-state index contributed by atoms with van der Waals surface area (Å²) in [6.45, 7) is 6.16. The maximum atomic E-state index is 12.9. The summed E-state index contributed by atoms with van der Waals surface area (Å²) in [6.07, 6.45) is 2.89. The second-order valence-corrected chi connectivity index (χ2v) is 7.11. The van der Waals surface area contributed by atoms with Crippen LogP contribution in [0.15, 0.2) is 42.6 Å². The van der Waals surface area contributed by atoms with Crippen LogP contribution in [0.3, 0.4) is 0 Å². The van der Waals surface area contributed by atoms with Crippen molar-refractivity contribution in [1.82, 2.24) is 9.88 Å². The number of halogens is 1. The van der Waals surface area contributed by atoms with E-state index in [4.69, 9.17) is 4.74 Å². The quantitative estimate of drug-likeness (QED) is 0.703. The van der Waals surface area contributed by atoms with Crippen LogP contribution in [0.5, 0.6) is 0 Å². The number of ether oxygens (including phenoxy) is 1. The second-order valence-electron chi connectivity index (χ2n) is 7.11. The van der Waals surface area contributed by atoms with E-state index in [0.29, 0.717) is 30.8 Å². The van der Waals surface area contributed by atoms with E-state index < -0.39 is 0 Å². The van der Waals surface area contributed by atoms with Crippen LogP contribution >= 0.6 is 0 Å². The third-order valence-corrected chi connectivity index (χ3v) is 4.95. The zero-order valence-electron chi connectivity index (χ0n) is 17.1. The first-order valence-electron chi connectivity index (χ1n) is 10.2. The number of hydrogen-bond donors (Lipinski definition) is 1. The molecule has 1 N–H and O–H groups in total. The molecule has 1 aliphatic rings. The molecule has 2 aromatic rings. The Balaban J connectivity index is 1.46. The summed E-state index contributed by atoms with van der Waals surface area (Å²) in [5.41, 5.74) is 1.05. The molecule has 7 nitrogen and oxygen atoms in total. The summed E-state index contributed by atoms with van der Waals surface area (Å²) in [7, 11) is 0. The van der Waals surface area contributed by atoms with E-state index in [-0.39, 0.29) is 17.7 Å². The van der Waals surface area contributed by atoms with Gasteiger partial charge in [-0.3, -0.25) is 4.79 Å². The summed E-state index contributed by atoms with van der Waals surface area (Å²) < 4.78 is 17.9. The van der Waals surface area contributed by atoms with Gasteiger partial charge in [-0.15, -0.1) is 0 Å². The molecular weight excluding hydrogens is 387 g/mol. The highest BCUT2D eigenvalue weighted by molar-refractivity contribution is 5.90. The molecule has 160 valence electrons. The van der Waals surface area contributed by atoms with Gasteiger partial charge in [-0.25, -0.2) is 14.2 Å². The van der Waals surface area contributed by atoms with Gasteiger partial charge in [-0.05, 0) is 56.3 Å². The number of rotatable bonds is 7. The zero-order chi connectivity index (χ0) is 21.3. The van der Waals surface area contributed by atoms with E-state index >= 15 is 0 Å². The van der Waals surface area contributed by atoms with Crippen molar-refractivity contribution in [3.63, 3.8) is 0 Å². The normalized spacial score (nSPS) is 14.8. The van der Waals surface area contributed by atoms with Crippen LogP contribution < -0.4 is 10.2 Å². The van der Waals surface area contributed by atoms with Gasteiger partial charge in [0.25, 0.3) is 0 Å². The van der Waals surface area contributed by atoms with Crippen molar-refractivity contribution in [2.45, 2.75) is 19.8 Å². The molecule has 1 aromatic carbocycles. The molecule has 0 saturated carbocycles. The Kier molecular flexibility index (Phi) is 7.73. The van der Waals surface area contributed by atoms with Crippen LogP contribution in [0.4, 0.5) is 15.9 Å². The Labute approximate surface area is 175 Å². The van der Waals surface area contributed by atoms with Gasteiger partial charge in [0.2, 0.25) is 5.91 Å².